The fraction of sp³-hybridized carbons (Fsp3) is 0.417. The monoisotopic (exact) mass is 442 g/mol. The van der Waals surface area contributed by atoms with E-state index in [0.717, 1.165) is 12.0 Å². The molecule has 1 heterocycles. The first-order valence-electron chi connectivity index (χ1n) is 10.8. The minimum Gasteiger partial charge on any atom is -0.338 e. The van der Waals surface area contributed by atoms with Crippen molar-refractivity contribution in [1.82, 2.24) is 9.21 Å². The summed E-state index contributed by atoms with van der Waals surface area (Å²) in [5.74, 6) is -0.161. The highest BCUT2D eigenvalue weighted by Gasteiger charge is 2.33. The van der Waals surface area contributed by atoms with Gasteiger partial charge in [0.05, 0.1) is 4.90 Å². The Hall–Kier alpha value is -2.51. The van der Waals surface area contributed by atoms with Crippen molar-refractivity contribution in [1.29, 1.82) is 0 Å². The molecule has 2 aromatic carbocycles. The lowest BCUT2D eigenvalue weighted by molar-refractivity contribution is -0.137. The minimum atomic E-state index is -3.64. The van der Waals surface area contributed by atoms with Gasteiger partial charge in [-0.05, 0) is 43.9 Å². The van der Waals surface area contributed by atoms with E-state index < -0.39 is 10.0 Å². The van der Waals surface area contributed by atoms with E-state index in [1.165, 1.54) is 35.5 Å². The molecule has 2 aromatic rings. The highest BCUT2D eigenvalue weighted by molar-refractivity contribution is 7.89. The summed E-state index contributed by atoms with van der Waals surface area (Å²) < 4.78 is 27.4. The summed E-state index contributed by atoms with van der Waals surface area (Å²) in [7, 11) is -3.64. The van der Waals surface area contributed by atoms with Crippen LogP contribution in [-0.4, -0.2) is 48.9 Å². The topological polar surface area (TPSA) is 74.8 Å². The molecule has 0 saturated carbocycles. The number of carbonyl (C=O) groups excluding carboxylic acids is 2. The molecule has 1 aliphatic heterocycles. The van der Waals surface area contributed by atoms with Gasteiger partial charge >= 0.3 is 0 Å². The van der Waals surface area contributed by atoms with Crippen LogP contribution in [0.5, 0.6) is 0 Å². The van der Waals surface area contributed by atoms with E-state index in [4.69, 9.17) is 0 Å². The van der Waals surface area contributed by atoms with Crippen LogP contribution in [0.3, 0.4) is 0 Å². The molecule has 1 fully saturated rings. The third-order valence-corrected chi connectivity index (χ3v) is 7.64. The van der Waals surface area contributed by atoms with Crippen molar-refractivity contribution in [3.63, 3.8) is 0 Å². The average molecular weight is 443 g/mol. The second kappa shape index (κ2) is 10.2. The van der Waals surface area contributed by atoms with Crippen molar-refractivity contribution in [2.24, 2.45) is 5.92 Å². The minimum absolute atomic E-state index is 0.101. The number of hydrogen-bond donors (Lipinski definition) is 0. The van der Waals surface area contributed by atoms with Crippen LogP contribution in [0.4, 0.5) is 0 Å². The SMILES string of the molecule is CCCN(Cc1ccccc1)C(=O)C1CCN(S(=O)(=O)c2ccc(C(C)=O)cc2)CC1. The summed E-state index contributed by atoms with van der Waals surface area (Å²) >= 11 is 0. The third kappa shape index (κ3) is 5.60. The molecule has 1 aliphatic rings. The second-order valence-electron chi connectivity index (χ2n) is 8.00. The van der Waals surface area contributed by atoms with Gasteiger partial charge in [-0.25, -0.2) is 8.42 Å². The van der Waals surface area contributed by atoms with E-state index in [0.29, 0.717) is 44.6 Å². The molecule has 1 amide bonds. The first kappa shape index (κ1) is 23.2. The van der Waals surface area contributed by atoms with E-state index in [1.54, 1.807) is 0 Å². The normalized spacial score (nSPS) is 15.5. The smallest absolute Gasteiger partial charge is 0.243 e. The van der Waals surface area contributed by atoms with Crippen LogP contribution >= 0.6 is 0 Å². The maximum atomic E-state index is 13.1. The first-order chi connectivity index (χ1) is 14.8. The number of ketones is 1. The largest absolute Gasteiger partial charge is 0.338 e. The van der Waals surface area contributed by atoms with Crippen LogP contribution in [0.1, 0.15) is 49.0 Å². The molecule has 3 rings (SSSR count). The molecule has 0 N–H and O–H groups in total. The van der Waals surface area contributed by atoms with E-state index in [1.807, 2.05) is 35.2 Å². The molecule has 166 valence electrons. The predicted octanol–water partition coefficient (Wildman–Crippen LogP) is 3.73. The molecule has 0 aliphatic carbocycles. The number of nitrogens with zero attached hydrogens (tertiary/aromatic N) is 2. The number of Topliss-reactive ketones (excluding diaryl/α,β-unsaturated/α-hetero) is 1. The molecular weight excluding hydrogens is 412 g/mol. The molecule has 0 unspecified atom stereocenters. The van der Waals surface area contributed by atoms with Crippen molar-refractivity contribution in [3.8, 4) is 0 Å². The van der Waals surface area contributed by atoms with Crippen LogP contribution in [0.2, 0.25) is 0 Å². The molecule has 0 bridgehead atoms. The summed E-state index contributed by atoms with van der Waals surface area (Å²) in [6.45, 7) is 5.41. The van der Waals surface area contributed by atoms with Crippen molar-refractivity contribution < 1.29 is 18.0 Å². The fourth-order valence-corrected chi connectivity index (χ4v) is 5.42. The number of rotatable bonds is 8. The Morgan fingerprint density at radius 3 is 2.16 bits per heavy atom. The van der Waals surface area contributed by atoms with Crippen molar-refractivity contribution in [3.05, 3.63) is 65.7 Å². The zero-order chi connectivity index (χ0) is 22.4. The fourth-order valence-electron chi connectivity index (χ4n) is 3.95. The molecule has 1 saturated heterocycles. The van der Waals surface area contributed by atoms with Gasteiger partial charge in [-0.2, -0.15) is 4.31 Å². The van der Waals surface area contributed by atoms with Crippen molar-refractivity contribution in [2.75, 3.05) is 19.6 Å². The van der Waals surface area contributed by atoms with E-state index in [9.17, 15) is 18.0 Å². The molecular formula is C24H30N2O4S. The number of carbonyl (C=O) groups is 2. The number of benzene rings is 2. The van der Waals surface area contributed by atoms with E-state index in [2.05, 4.69) is 6.92 Å². The molecule has 6 nitrogen and oxygen atoms in total. The molecule has 7 heteroatoms. The second-order valence-corrected chi connectivity index (χ2v) is 9.94. The Morgan fingerprint density at radius 2 is 1.61 bits per heavy atom. The average Bonchev–Trinajstić information content (AvgIpc) is 2.79. The van der Waals surface area contributed by atoms with Crippen LogP contribution in [-0.2, 0) is 21.4 Å². The standard InChI is InChI=1S/C24H30N2O4S/c1-3-15-25(18-20-7-5-4-6-8-20)24(28)22-13-16-26(17-14-22)31(29,30)23-11-9-21(10-12-23)19(2)27/h4-12,22H,3,13-18H2,1-2H3. The highest BCUT2D eigenvalue weighted by atomic mass is 32.2. The van der Waals surface area contributed by atoms with Gasteiger partial charge in [0.1, 0.15) is 0 Å². The number of sulfonamides is 1. The Morgan fingerprint density at radius 1 is 1.00 bits per heavy atom. The van der Waals surface area contributed by atoms with Gasteiger partial charge in [0.2, 0.25) is 15.9 Å². The van der Waals surface area contributed by atoms with Crippen LogP contribution < -0.4 is 0 Å². The maximum Gasteiger partial charge on any atom is 0.243 e. The van der Waals surface area contributed by atoms with Crippen molar-refractivity contribution >= 4 is 21.7 Å². The van der Waals surface area contributed by atoms with Gasteiger partial charge < -0.3 is 4.90 Å². The van der Waals surface area contributed by atoms with Gasteiger partial charge in [0.15, 0.2) is 5.78 Å². The maximum absolute atomic E-state index is 13.1. The third-order valence-electron chi connectivity index (χ3n) is 5.72. The van der Waals surface area contributed by atoms with Crippen molar-refractivity contribution in [2.45, 2.75) is 44.6 Å². The van der Waals surface area contributed by atoms with Gasteiger partial charge in [-0.1, -0.05) is 49.4 Å². The quantitative estimate of drug-likeness (QED) is 0.584. The number of piperidine rings is 1. The predicted molar refractivity (Wildman–Crippen MR) is 120 cm³/mol. The first-order valence-corrected chi connectivity index (χ1v) is 12.2. The van der Waals surface area contributed by atoms with Gasteiger partial charge in [-0.3, -0.25) is 9.59 Å². The Labute approximate surface area is 184 Å². The summed E-state index contributed by atoms with van der Waals surface area (Å²) in [4.78, 5) is 26.6. The van der Waals surface area contributed by atoms with Crippen LogP contribution in [0.25, 0.3) is 0 Å². The summed E-state index contributed by atoms with van der Waals surface area (Å²) in [5, 5.41) is 0. The van der Waals surface area contributed by atoms with E-state index >= 15 is 0 Å². The molecule has 0 atom stereocenters. The van der Waals surface area contributed by atoms with Gasteiger partial charge in [0.25, 0.3) is 0 Å². The zero-order valence-electron chi connectivity index (χ0n) is 18.2. The lowest BCUT2D eigenvalue weighted by Crippen LogP contribution is -2.44. The number of hydrogen-bond acceptors (Lipinski definition) is 4. The Bertz CT molecular complexity index is 996. The zero-order valence-corrected chi connectivity index (χ0v) is 19.0. The summed E-state index contributed by atoms with van der Waals surface area (Å²) in [6.07, 6.45) is 1.90. The highest BCUT2D eigenvalue weighted by Crippen LogP contribution is 2.26. The Balaban J connectivity index is 1.64. The lowest BCUT2D eigenvalue weighted by Gasteiger charge is -2.33. The Kier molecular flexibility index (Phi) is 7.62. The molecule has 0 spiro atoms. The van der Waals surface area contributed by atoms with Gasteiger partial charge in [-0.15, -0.1) is 0 Å². The molecule has 31 heavy (non-hydrogen) atoms. The van der Waals surface area contributed by atoms with E-state index in [-0.39, 0.29) is 22.5 Å². The van der Waals surface area contributed by atoms with Crippen LogP contribution in [0, 0.1) is 5.92 Å². The van der Waals surface area contributed by atoms with Crippen LogP contribution in [0.15, 0.2) is 59.5 Å². The molecule has 0 radical (unpaired) electrons. The summed E-state index contributed by atoms with van der Waals surface area (Å²) in [6, 6.07) is 16.0. The molecule has 0 aromatic heterocycles. The number of amides is 1. The van der Waals surface area contributed by atoms with Gasteiger partial charge in [0, 0.05) is 37.7 Å². The summed E-state index contributed by atoms with van der Waals surface area (Å²) in [5.41, 5.74) is 1.58. The lowest BCUT2D eigenvalue weighted by atomic mass is 9.96.